The van der Waals surface area contributed by atoms with Gasteiger partial charge in [0.15, 0.2) is 0 Å². The summed E-state index contributed by atoms with van der Waals surface area (Å²) in [4.78, 5) is 0. The predicted molar refractivity (Wildman–Crippen MR) is 47.2 cm³/mol. The molecule has 2 bridgehead atoms. The Labute approximate surface area is 74.9 Å². The number of aromatic hydroxyl groups is 2. The van der Waals surface area contributed by atoms with E-state index in [0.29, 0.717) is 0 Å². The van der Waals surface area contributed by atoms with Crippen LogP contribution >= 0.6 is 0 Å². The molecule has 13 heavy (non-hydrogen) atoms. The molecule has 0 aliphatic heterocycles. The van der Waals surface area contributed by atoms with Crippen molar-refractivity contribution in [2.24, 2.45) is 0 Å². The van der Waals surface area contributed by atoms with Gasteiger partial charge in [-0.15, -0.1) is 0 Å². The monoisotopic (exact) mass is 178 g/mol. The van der Waals surface area contributed by atoms with E-state index in [2.05, 4.69) is 12.2 Å². The summed E-state index contributed by atoms with van der Waals surface area (Å²) in [5, 5.41) is 19.2. The first kappa shape index (κ1) is 6.88. The van der Waals surface area contributed by atoms with E-state index in [0.717, 1.165) is 22.2 Å². The molecule has 4 heteroatoms. The van der Waals surface area contributed by atoms with Crippen molar-refractivity contribution in [3.63, 3.8) is 0 Å². The fraction of sp³-hybridized carbons (Fsp3) is 0.333. The third-order valence-electron chi connectivity index (χ3n) is 3.05. The van der Waals surface area contributed by atoms with Crippen molar-refractivity contribution in [2.75, 3.05) is 5.84 Å². The fourth-order valence-electron chi connectivity index (χ4n) is 2.46. The molecule has 3 rings (SSSR count). The maximum absolute atomic E-state index is 9.61. The second-order valence-electron chi connectivity index (χ2n) is 3.68. The summed E-state index contributed by atoms with van der Waals surface area (Å²) >= 11 is 0. The first-order valence-corrected chi connectivity index (χ1v) is 4.30. The van der Waals surface area contributed by atoms with Crippen molar-refractivity contribution in [2.45, 2.75) is 18.3 Å². The lowest BCUT2D eigenvalue weighted by Gasteiger charge is -2.02. The Hall–Kier alpha value is -1.58. The number of allylic oxidation sites excluding steroid dienone is 2. The lowest BCUT2D eigenvalue weighted by molar-refractivity contribution is 0.388. The average molecular weight is 178 g/mol. The average Bonchev–Trinajstić information content (AvgIpc) is 2.76. The summed E-state index contributed by atoms with van der Waals surface area (Å²) in [5.41, 5.74) is 1.63. The number of hydrogen-bond donors (Lipinski definition) is 3. The summed E-state index contributed by atoms with van der Waals surface area (Å²) in [5.74, 6) is 5.95. The van der Waals surface area contributed by atoms with Gasteiger partial charge in [-0.2, -0.15) is 4.68 Å². The van der Waals surface area contributed by atoms with Crippen LogP contribution < -0.4 is 5.84 Å². The van der Waals surface area contributed by atoms with Crippen molar-refractivity contribution >= 4 is 0 Å². The lowest BCUT2D eigenvalue weighted by atomic mass is 10.0. The van der Waals surface area contributed by atoms with Gasteiger partial charge in [-0.05, 0) is 6.42 Å². The SMILES string of the molecule is Nn1c(O)c2c(c1O)C1C=CC2C1. The Kier molecular flexibility index (Phi) is 0.974. The van der Waals surface area contributed by atoms with Crippen molar-refractivity contribution in [1.29, 1.82) is 0 Å². The summed E-state index contributed by atoms with van der Waals surface area (Å²) < 4.78 is 0.955. The molecule has 0 saturated carbocycles. The zero-order valence-electron chi connectivity index (χ0n) is 6.94. The standard InChI is InChI=1S/C9H10N2O2/c10-11-8(12)6-4-1-2-5(3-4)7(6)9(11)13/h1-2,4-5,12-13H,3,10H2. The Morgan fingerprint density at radius 1 is 1.15 bits per heavy atom. The van der Waals surface area contributed by atoms with Gasteiger partial charge in [-0.25, -0.2) is 0 Å². The molecule has 0 saturated heterocycles. The highest BCUT2D eigenvalue weighted by Crippen LogP contribution is 2.55. The van der Waals surface area contributed by atoms with Crippen LogP contribution in [0.4, 0.5) is 0 Å². The van der Waals surface area contributed by atoms with Crippen LogP contribution in [-0.4, -0.2) is 14.9 Å². The van der Waals surface area contributed by atoms with E-state index < -0.39 is 0 Å². The molecule has 2 atom stereocenters. The summed E-state index contributed by atoms with van der Waals surface area (Å²) in [7, 11) is 0. The fourth-order valence-corrected chi connectivity index (χ4v) is 2.46. The van der Waals surface area contributed by atoms with E-state index in [1.165, 1.54) is 0 Å². The van der Waals surface area contributed by atoms with Gasteiger partial charge in [0, 0.05) is 23.0 Å². The van der Waals surface area contributed by atoms with Crippen LogP contribution in [0.15, 0.2) is 12.2 Å². The Bertz CT molecular complexity index is 384. The van der Waals surface area contributed by atoms with Gasteiger partial charge in [0.2, 0.25) is 11.8 Å². The molecule has 0 aromatic carbocycles. The van der Waals surface area contributed by atoms with E-state index >= 15 is 0 Å². The highest BCUT2D eigenvalue weighted by atomic mass is 16.3. The molecular weight excluding hydrogens is 168 g/mol. The van der Waals surface area contributed by atoms with Gasteiger partial charge in [-0.1, -0.05) is 12.2 Å². The van der Waals surface area contributed by atoms with E-state index in [1.807, 2.05) is 0 Å². The molecule has 0 amide bonds. The second-order valence-corrected chi connectivity index (χ2v) is 3.68. The van der Waals surface area contributed by atoms with Gasteiger partial charge >= 0.3 is 0 Å². The molecule has 1 aromatic heterocycles. The number of aromatic nitrogens is 1. The Balaban J connectivity index is 2.34. The van der Waals surface area contributed by atoms with Gasteiger partial charge in [0.25, 0.3) is 0 Å². The first-order chi connectivity index (χ1) is 6.20. The van der Waals surface area contributed by atoms with Crippen LogP contribution in [0, 0.1) is 0 Å². The Morgan fingerprint density at radius 2 is 1.62 bits per heavy atom. The smallest absolute Gasteiger partial charge is 0.217 e. The minimum absolute atomic E-state index is 0.00403. The molecule has 1 heterocycles. The van der Waals surface area contributed by atoms with Crippen molar-refractivity contribution in [3.05, 3.63) is 23.3 Å². The minimum Gasteiger partial charge on any atom is -0.493 e. The molecule has 0 spiro atoms. The molecule has 0 fully saturated rings. The van der Waals surface area contributed by atoms with Crippen LogP contribution in [0.1, 0.15) is 29.4 Å². The zero-order chi connectivity index (χ0) is 9.16. The molecule has 2 aliphatic carbocycles. The molecule has 2 unspecified atom stereocenters. The van der Waals surface area contributed by atoms with E-state index in [4.69, 9.17) is 5.84 Å². The van der Waals surface area contributed by atoms with Crippen LogP contribution in [0.3, 0.4) is 0 Å². The van der Waals surface area contributed by atoms with Crippen molar-refractivity contribution in [3.8, 4) is 11.8 Å². The number of hydrogen-bond acceptors (Lipinski definition) is 3. The van der Waals surface area contributed by atoms with Crippen LogP contribution in [0.2, 0.25) is 0 Å². The third kappa shape index (κ3) is 0.589. The number of nitrogens with zero attached hydrogens (tertiary/aromatic N) is 1. The summed E-state index contributed by atoms with van der Waals surface area (Å²) in [6.45, 7) is 0. The predicted octanol–water partition coefficient (Wildman–Crippen LogP) is 0.754. The topological polar surface area (TPSA) is 71.4 Å². The van der Waals surface area contributed by atoms with Gasteiger partial charge in [-0.3, -0.25) is 0 Å². The van der Waals surface area contributed by atoms with Crippen molar-refractivity contribution < 1.29 is 10.2 Å². The second kappa shape index (κ2) is 1.84. The van der Waals surface area contributed by atoms with Crippen LogP contribution in [0.25, 0.3) is 0 Å². The van der Waals surface area contributed by atoms with Crippen molar-refractivity contribution in [1.82, 2.24) is 4.68 Å². The van der Waals surface area contributed by atoms with E-state index in [-0.39, 0.29) is 23.6 Å². The van der Waals surface area contributed by atoms with Crippen LogP contribution in [0.5, 0.6) is 11.8 Å². The van der Waals surface area contributed by atoms with E-state index in [1.54, 1.807) is 0 Å². The molecule has 2 aliphatic rings. The maximum Gasteiger partial charge on any atom is 0.217 e. The molecule has 0 radical (unpaired) electrons. The molecule has 68 valence electrons. The number of rotatable bonds is 0. The highest BCUT2D eigenvalue weighted by molar-refractivity contribution is 5.58. The third-order valence-corrected chi connectivity index (χ3v) is 3.05. The molecular formula is C9H10N2O2. The van der Waals surface area contributed by atoms with Crippen LogP contribution in [-0.2, 0) is 0 Å². The highest BCUT2D eigenvalue weighted by Gasteiger charge is 2.40. The zero-order valence-corrected chi connectivity index (χ0v) is 6.94. The molecule has 4 nitrogen and oxygen atoms in total. The summed E-state index contributed by atoms with van der Waals surface area (Å²) in [6, 6.07) is 0. The normalized spacial score (nSPS) is 28.3. The summed E-state index contributed by atoms with van der Waals surface area (Å²) in [6.07, 6.45) is 5.09. The number of nitrogen functional groups attached to an aromatic ring is 1. The van der Waals surface area contributed by atoms with E-state index in [9.17, 15) is 10.2 Å². The quantitative estimate of drug-likeness (QED) is 0.405. The van der Waals surface area contributed by atoms with Gasteiger partial charge in [0.05, 0.1) is 0 Å². The number of nitrogens with two attached hydrogens (primary N) is 1. The Morgan fingerprint density at radius 3 is 2.08 bits per heavy atom. The lowest BCUT2D eigenvalue weighted by Crippen LogP contribution is -2.07. The van der Waals surface area contributed by atoms with Gasteiger partial charge in [0.1, 0.15) is 0 Å². The number of fused-ring (bicyclic) bond motifs is 5. The minimum atomic E-state index is 0.00403. The molecule has 4 N–H and O–H groups in total. The molecule has 1 aromatic rings. The largest absolute Gasteiger partial charge is 0.493 e. The first-order valence-electron chi connectivity index (χ1n) is 4.30. The van der Waals surface area contributed by atoms with Gasteiger partial charge < -0.3 is 16.1 Å². The maximum atomic E-state index is 9.61.